The van der Waals surface area contributed by atoms with Crippen LogP contribution in [0.25, 0.3) is 11.1 Å². The number of phenolic OH excluding ortho intramolecular Hbond substituents is 1. The summed E-state index contributed by atoms with van der Waals surface area (Å²) in [6.07, 6.45) is 2.61. The summed E-state index contributed by atoms with van der Waals surface area (Å²) in [5.74, 6) is -1.10. The predicted molar refractivity (Wildman–Crippen MR) is 134 cm³/mol. The molecule has 198 valence electrons. The molecule has 0 spiro atoms. The molecule has 2 aromatic carbocycles. The van der Waals surface area contributed by atoms with Gasteiger partial charge in [0.1, 0.15) is 30.8 Å². The first-order chi connectivity index (χ1) is 18.4. The average Bonchev–Trinajstić information content (AvgIpc) is 3.43. The summed E-state index contributed by atoms with van der Waals surface area (Å²) in [6.45, 7) is 2.79. The molecule has 3 aliphatic heterocycles. The number of benzene rings is 2. The molecule has 6 rings (SSSR count). The van der Waals surface area contributed by atoms with E-state index < -0.39 is 11.9 Å². The number of hydrogen-bond donors (Lipinski definition) is 1. The summed E-state index contributed by atoms with van der Waals surface area (Å²) in [5, 5.41) is 14.6. The van der Waals surface area contributed by atoms with Gasteiger partial charge in [0.15, 0.2) is 5.75 Å². The lowest BCUT2D eigenvalue weighted by atomic mass is 9.97. The van der Waals surface area contributed by atoms with Crippen LogP contribution in [0.15, 0.2) is 36.9 Å². The third-order valence-electron chi connectivity index (χ3n) is 7.07. The van der Waals surface area contributed by atoms with Gasteiger partial charge in [0.2, 0.25) is 0 Å². The van der Waals surface area contributed by atoms with Crippen molar-refractivity contribution in [1.82, 2.24) is 24.6 Å². The number of rotatable bonds is 2. The number of ether oxygens (including phenoxy) is 2. The lowest BCUT2D eigenvalue weighted by Gasteiger charge is -2.39. The summed E-state index contributed by atoms with van der Waals surface area (Å²) in [7, 11) is 0. The Morgan fingerprint density at radius 2 is 1.97 bits per heavy atom. The van der Waals surface area contributed by atoms with Crippen molar-refractivity contribution in [2.24, 2.45) is 0 Å². The van der Waals surface area contributed by atoms with Gasteiger partial charge in [0, 0.05) is 44.0 Å². The van der Waals surface area contributed by atoms with Crippen molar-refractivity contribution in [1.29, 1.82) is 0 Å². The van der Waals surface area contributed by atoms with Crippen LogP contribution in [-0.4, -0.2) is 100 Å². The van der Waals surface area contributed by atoms with E-state index in [9.17, 15) is 14.7 Å². The molecule has 2 fully saturated rings. The van der Waals surface area contributed by atoms with Crippen LogP contribution in [0.4, 0.5) is 14.9 Å². The van der Waals surface area contributed by atoms with E-state index in [1.54, 1.807) is 15.9 Å². The molecule has 2 saturated heterocycles. The van der Waals surface area contributed by atoms with Gasteiger partial charge in [-0.25, -0.2) is 14.2 Å². The molecule has 4 heterocycles. The first-order valence-corrected chi connectivity index (χ1v) is 12.6. The highest BCUT2D eigenvalue weighted by Crippen LogP contribution is 2.49. The first-order valence-electron chi connectivity index (χ1n) is 12.2. The minimum atomic E-state index is -0.652. The van der Waals surface area contributed by atoms with E-state index in [1.807, 2.05) is 4.90 Å². The molecule has 0 saturated carbocycles. The van der Waals surface area contributed by atoms with Gasteiger partial charge in [-0.2, -0.15) is 9.78 Å². The molecule has 13 heteroatoms. The van der Waals surface area contributed by atoms with Crippen molar-refractivity contribution in [3.63, 3.8) is 0 Å². The Morgan fingerprint density at radius 1 is 1.16 bits per heavy atom. The van der Waals surface area contributed by atoms with Gasteiger partial charge in [-0.1, -0.05) is 17.7 Å². The zero-order chi connectivity index (χ0) is 26.4. The van der Waals surface area contributed by atoms with Gasteiger partial charge < -0.3 is 29.3 Å². The molecule has 1 aromatic heterocycles. The number of aromatic nitrogens is 3. The second kappa shape index (κ2) is 9.76. The van der Waals surface area contributed by atoms with Gasteiger partial charge in [-0.05, 0) is 18.2 Å². The van der Waals surface area contributed by atoms with Crippen molar-refractivity contribution in [3.8, 4) is 22.6 Å². The van der Waals surface area contributed by atoms with Gasteiger partial charge >= 0.3 is 6.03 Å². The molecule has 0 bridgehead atoms. The minimum absolute atomic E-state index is 0.0353. The largest absolute Gasteiger partial charge is 0.507 e. The minimum Gasteiger partial charge on any atom is -0.507 e. The molecular weight excluding hydrogens is 519 g/mol. The zero-order valence-corrected chi connectivity index (χ0v) is 21.0. The van der Waals surface area contributed by atoms with Crippen molar-refractivity contribution >= 4 is 29.2 Å². The van der Waals surface area contributed by atoms with E-state index in [1.165, 1.54) is 30.9 Å². The molecule has 1 unspecified atom stereocenters. The number of carbonyl (C=O) groups excluding carboxylic acids is 2. The predicted octanol–water partition coefficient (Wildman–Crippen LogP) is 2.47. The normalized spacial score (nSPS) is 19.5. The molecule has 0 radical (unpaired) electrons. The Balaban J connectivity index is 1.41. The smallest absolute Gasteiger partial charge is 0.346 e. The van der Waals surface area contributed by atoms with Crippen LogP contribution in [-0.2, 0) is 4.74 Å². The fourth-order valence-electron chi connectivity index (χ4n) is 5.20. The van der Waals surface area contributed by atoms with Gasteiger partial charge in [-0.15, -0.1) is 0 Å². The number of amides is 2. The van der Waals surface area contributed by atoms with Crippen molar-refractivity contribution < 1.29 is 28.6 Å². The Bertz CT molecular complexity index is 1380. The highest BCUT2D eigenvalue weighted by molar-refractivity contribution is 6.36. The Labute approximate surface area is 221 Å². The Kier molecular flexibility index (Phi) is 6.28. The molecule has 38 heavy (non-hydrogen) atoms. The van der Waals surface area contributed by atoms with E-state index in [0.717, 1.165) is 4.68 Å². The fraction of sp³-hybridized carbons (Fsp3) is 0.360. The number of aromatic hydroxyl groups is 1. The van der Waals surface area contributed by atoms with Crippen LogP contribution in [0.3, 0.4) is 0 Å². The quantitative estimate of drug-likeness (QED) is 0.525. The van der Waals surface area contributed by atoms with Crippen molar-refractivity contribution in [2.75, 3.05) is 57.4 Å². The SMILES string of the molecule is O=C1c2cc(N3CCOCC3)c(-c3c(O)cccc3F)c(Cl)c2OCC2CN(C(=O)n3cncn3)CCN12. The molecule has 3 aromatic rings. The molecule has 1 atom stereocenters. The summed E-state index contributed by atoms with van der Waals surface area (Å²) < 4.78 is 27.8. The summed E-state index contributed by atoms with van der Waals surface area (Å²) >= 11 is 6.90. The summed E-state index contributed by atoms with van der Waals surface area (Å²) in [4.78, 5) is 35.7. The van der Waals surface area contributed by atoms with Gasteiger partial charge in [0.05, 0.1) is 35.4 Å². The van der Waals surface area contributed by atoms with Crippen LogP contribution in [0.1, 0.15) is 10.4 Å². The standard InChI is InChI=1S/C25H24ClFN6O5/c26-22-21(20-17(27)2-1-3-19(20)34)18(30-6-8-37-9-7-30)10-16-23(22)38-12-15-11-31(4-5-32(15)24(16)35)25(36)33-14-28-13-29-33/h1-3,10,13-15,34H,4-9,11-12H2. The topological polar surface area (TPSA) is 113 Å². The monoisotopic (exact) mass is 542 g/mol. The Hall–Kier alpha value is -3.90. The molecule has 2 amide bonds. The maximum absolute atomic E-state index is 15.1. The van der Waals surface area contributed by atoms with E-state index in [2.05, 4.69) is 10.1 Å². The number of nitrogens with zero attached hydrogens (tertiary/aromatic N) is 6. The van der Waals surface area contributed by atoms with E-state index in [4.69, 9.17) is 21.1 Å². The Morgan fingerprint density at radius 3 is 2.71 bits per heavy atom. The highest BCUT2D eigenvalue weighted by atomic mass is 35.5. The number of piperazine rings is 1. The maximum atomic E-state index is 15.1. The third kappa shape index (κ3) is 4.09. The lowest BCUT2D eigenvalue weighted by Crippen LogP contribution is -2.58. The van der Waals surface area contributed by atoms with Crippen LogP contribution < -0.4 is 9.64 Å². The van der Waals surface area contributed by atoms with Crippen LogP contribution in [0.5, 0.6) is 11.5 Å². The van der Waals surface area contributed by atoms with Gasteiger partial charge in [-0.3, -0.25) is 4.79 Å². The van der Waals surface area contributed by atoms with Crippen LogP contribution in [0, 0.1) is 5.82 Å². The number of halogens is 2. The molecule has 11 nitrogen and oxygen atoms in total. The molecule has 1 N–H and O–H groups in total. The maximum Gasteiger partial charge on any atom is 0.346 e. The van der Waals surface area contributed by atoms with E-state index >= 15 is 4.39 Å². The van der Waals surface area contributed by atoms with E-state index in [-0.39, 0.29) is 64.8 Å². The fourth-order valence-corrected chi connectivity index (χ4v) is 5.54. The number of anilines is 1. The molecule has 3 aliphatic rings. The third-order valence-corrected chi connectivity index (χ3v) is 7.43. The number of hydrogen-bond acceptors (Lipinski definition) is 8. The first kappa shape index (κ1) is 24.4. The van der Waals surface area contributed by atoms with Crippen LogP contribution in [0.2, 0.25) is 5.02 Å². The van der Waals surface area contributed by atoms with E-state index in [0.29, 0.717) is 38.5 Å². The number of carbonyl (C=O) groups is 2. The van der Waals surface area contributed by atoms with Crippen molar-refractivity contribution in [3.05, 3.63) is 53.3 Å². The second-order valence-corrected chi connectivity index (χ2v) is 9.60. The average molecular weight is 543 g/mol. The second-order valence-electron chi connectivity index (χ2n) is 9.23. The van der Waals surface area contributed by atoms with Crippen LogP contribution >= 0.6 is 11.6 Å². The van der Waals surface area contributed by atoms with Gasteiger partial charge in [0.25, 0.3) is 5.91 Å². The number of fused-ring (bicyclic) bond motifs is 2. The summed E-state index contributed by atoms with van der Waals surface area (Å²) in [5.41, 5.74) is 0.936. The molecule has 0 aliphatic carbocycles. The number of morpholine rings is 1. The number of phenols is 1. The summed E-state index contributed by atoms with van der Waals surface area (Å²) in [6, 6.07) is 4.91. The molecular formula is C25H24ClFN6O5. The highest BCUT2D eigenvalue weighted by Gasteiger charge is 2.39. The zero-order valence-electron chi connectivity index (χ0n) is 20.2. The lowest BCUT2D eigenvalue weighted by molar-refractivity contribution is 0.0452. The van der Waals surface area contributed by atoms with Crippen molar-refractivity contribution in [2.45, 2.75) is 6.04 Å².